The molecule has 5 heteroatoms. The number of aromatic nitrogens is 3. The van der Waals surface area contributed by atoms with Crippen LogP contribution in [0.3, 0.4) is 0 Å². The lowest BCUT2D eigenvalue weighted by molar-refractivity contribution is 0.878. The molecular formula is C15H13N5. The van der Waals surface area contributed by atoms with E-state index in [1.54, 1.807) is 12.4 Å². The highest BCUT2D eigenvalue weighted by atomic mass is 15.4. The number of nitrogens with one attached hydrogen (secondary N) is 1. The second-order valence-corrected chi connectivity index (χ2v) is 4.12. The molecule has 0 atom stereocenters. The van der Waals surface area contributed by atoms with Crippen LogP contribution in [-0.2, 0) is 0 Å². The summed E-state index contributed by atoms with van der Waals surface area (Å²) in [4.78, 5) is 0. The van der Waals surface area contributed by atoms with Crippen molar-refractivity contribution in [3.8, 4) is 0 Å². The molecule has 0 bridgehead atoms. The van der Waals surface area contributed by atoms with E-state index < -0.39 is 0 Å². The Kier molecular flexibility index (Phi) is 3.16. The smallest absolute Gasteiger partial charge is 0.166 e. The average Bonchev–Trinajstić information content (AvgIpc) is 3.17. The molecule has 1 N–H and O–H groups in total. The minimum absolute atomic E-state index is 0.806. The Morgan fingerprint density at radius 2 is 2.00 bits per heavy atom. The van der Waals surface area contributed by atoms with Crippen LogP contribution in [0.2, 0.25) is 1.41 Å². The van der Waals surface area contributed by atoms with Gasteiger partial charge in [-0.15, -0.1) is 10.2 Å². The molecule has 5 nitrogen and oxygen atoms in total. The van der Waals surface area contributed by atoms with Crippen molar-refractivity contribution in [3.05, 3.63) is 78.6 Å². The topological polar surface area (TPSA) is 55.1 Å². The zero-order chi connectivity index (χ0) is 14.5. The number of rotatable bonds is 4. The summed E-state index contributed by atoms with van der Waals surface area (Å²) in [6.45, 7) is 0. The Bertz CT molecular complexity index is 714. The number of hydrogen-bond donors (Lipinski definition) is 1. The molecular weight excluding hydrogens is 250 g/mol. The number of para-hydroxylation sites is 1. The van der Waals surface area contributed by atoms with Crippen LogP contribution in [0.25, 0.3) is 0 Å². The Hall–Kier alpha value is -2.95. The van der Waals surface area contributed by atoms with Gasteiger partial charge >= 0.3 is 0 Å². The van der Waals surface area contributed by atoms with Crippen LogP contribution in [0.1, 0.15) is 0 Å². The van der Waals surface area contributed by atoms with Gasteiger partial charge in [-0.05, 0) is 17.7 Å². The lowest BCUT2D eigenvalue weighted by Gasteiger charge is -2.02. The molecule has 0 amide bonds. The van der Waals surface area contributed by atoms with Crippen LogP contribution in [0, 0.1) is 0 Å². The quantitative estimate of drug-likeness (QED) is 0.864. The SMILES string of the molecule is [2H]N(/C=C1/C=CC=C1/C=N/n1cnnc1)c1ccccc1. The van der Waals surface area contributed by atoms with E-state index in [1.807, 2.05) is 48.6 Å². The Morgan fingerprint density at radius 1 is 1.20 bits per heavy atom. The zero-order valence-corrected chi connectivity index (χ0v) is 10.7. The molecule has 0 saturated heterocycles. The third kappa shape index (κ3) is 2.89. The first-order valence-corrected chi connectivity index (χ1v) is 6.15. The standard InChI is InChI=1S/C15H13N5/c1-2-7-15(8-3-1)16-9-13-5-4-6-14(13)10-19-20-11-17-18-12-20/h1-12,16H/b13-9-,19-10+/i/hD. The van der Waals surface area contributed by atoms with Crippen molar-refractivity contribution in [1.82, 2.24) is 14.9 Å². The van der Waals surface area contributed by atoms with Crippen LogP contribution in [-0.4, -0.2) is 21.1 Å². The summed E-state index contributed by atoms with van der Waals surface area (Å²) in [5.41, 5.74) is 2.66. The third-order valence-electron chi connectivity index (χ3n) is 2.73. The van der Waals surface area contributed by atoms with E-state index in [0.29, 0.717) is 0 Å². The van der Waals surface area contributed by atoms with Gasteiger partial charge in [0.25, 0.3) is 0 Å². The highest BCUT2D eigenvalue weighted by molar-refractivity contribution is 5.88. The van der Waals surface area contributed by atoms with Gasteiger partial charge in [-0.25, -0.2) is 4.68 Å². The van der Waals surface area contributed by atoms with E-state index in [-0.39, 0.29) is 0 Å². The Balaban J connectivity index is 1.77. The van der Waals surface area contributed by atoms with Gasteiger partial charge in [0.1, 0.15) is 12.7 Å². The summed E-state index contributed by atoms with van der Waals surface area (Å²) < 4.78 is 9.59. The molecule has 1 aliphatic rings. The highest BCUT2D eigenvalue weighted by Crippen LogP contribution is 2.17. The van der Waals surface area contributed by atoms with Crippen LogP contribution in [0.15, 0.2) is 83.7 Å². The van der Waals surface area contributed by atoms with E-state index >= 15 is 0 Å². The predicted octanol–water partition coefficient (Wildman–Crippen LogP) is 2.60. The summed E-state index contributed by atoms with van der Waals surface area (Å²) >= 11 is 0. The summed E-state index contributed by atoms with van der Waals surface area (Å²) in [5.74, 6) is 0. The number of hydrogen-bond acceptors (Lipinski definition) is 4. The van der Waals surface area contributed by atoms with Crippen LogP contribution >= 0.6 is 0 Å². The van der Waals surface area contributed by atoms with Gasteiger partial charge in [0.05, 0.1) is 6.21 Å². The molecule has 1 aromatic heterocycles. The second-order valence-electron chi connectivity index (χ2n) is 4.12. The largest absolute Gasteiger partial charge is 0.361 e. The first kappa shape index (κ1) is 10.9. The van der Waals surface area contributed by atoms with Gasteiger partial charge in [0.2, 0.25) is 0 Å². The molecule has 0 aliphatic heterocycles. The molecule has 20 heavy (non-hydrogen) atoms. The Morgan fingerprint density at radius 3 is 2.80 bits per heavy atom. The molecule has 0 radical (unpaired) electrons. The fourth-order valence-electron chi connectivity index (χ4n) is 1.72. The number of nitrogens with zero attached hydrogens (tertiary/aromatic N) is 4. The molecule has 3 rings (SSSR count). The van der Waals surface area contributed by atoms with E-state index in [1.165, 1.54) is 22.6 Å². The van der Waals surface area contributed by atoms with Crippen molar-refractivity contribution in [2.24, 2.45) is 5.10 Å². The fourth-order valence-corrected chi connectivity index (χ4v) is 1.72. The summed E-state index contributed by atoms with van der Waals surface area (Å²) in [7, 11) is 0. The van der Waals surface area contributed by atoms with Crippen molar-refractivity contribution in [1.29, 1.82) is 0 Å². The molecule has 0 fully saturated rings. The van der Waals surface area contributed by atoms with Crippen molar-refractivity contribution in [2.45, 2.75) is 0 Å². The summed E-state index contributed by atoms with van der Waals surface area (Å²) in [6.07, 6.45) is 12.3. The Labute approximate surface area is 118 Å². The average molecular weight is 264 g/mol. The second kappa shape index (κ2) is 5.79. The molecule has 98 valence electrons. The first-order valence-electron chi connectivity index (χ1n) is 6.60. The molecule has 1 aromatic carbocycles. The van der Waals surface area contributed by atoms with Gasteiger partial charge in [0.15, 0.2) is 1.41 Å². The monoisotopic (exact) mass is 264 g/mol. The zero-order valence-electron chi connectivity index (χ0n) is 11.7. The van der Waals surface area contributed by atoms with Gasteiger partial charge in [-0.3, -0.25) is 0 Å². The number of anilines is 1. The maximum absolute atomic E-state index is 8.07. The van der Waals surface area contributed by atoms with E-state index in [4.69, 9.17) is 1.41 Å². The molecule has 1 heterocycles. The van der Waals surface area contributed by atoms with Crippen molar-refractivity contribution in [3.63, 3.8) is 0 Å². The maximum Gasteiger partial charge on any atom is 0.166 e. The van der Waals surface area contributed by atoms with Gasteiger partial charge in [-0.1, -0.05) is 36.4 Å². The van der Waals surface area contributed by atoms with Gasteiger partial charge in [-0.2, -0.15) is 5.10 Å². The number of allylic oxidation sites excluding steroid dienone is 5. The lowest BCUT2D eigenvalue weighted by atomic mass is 10.2. The van der Waals surface area contributed by atoms with Crippen molar-refractivity contribution >= 4 is 11.9 Å². The predicted molar refractivity (Wildman–Crippen MR) is 79.3 cm³/mol. The van der Waals surface area contributed by atoms with E-state index in [0.717, 1.165) is 16.8 Å². The highest BCUT2D eigenvalue weighted by Gasteiger charge is 2.03. The third-order valence-corrected chi connectivity index (χ3v) is 2.73. The van der Waals surface area contributed by atoms with Crippen molar-refractivity contribution in [2.75, 3.05) is 5.31 Å². The van der Waals surface area contributed by atoms with Crippen LogP contribution < -0.4 is 5.31 Å². The summed E-state index contributed by atoms with van der Waals surface area (Å²) in [5, 5.41) is 12.9. The van der Waals surface area contributed by atoms with E-state index in [9.17, 15) is 0 Å². The minimum Gasteiger partial charge on any atom is -0.361 e. The molecule has 1 aliphatic carbocycles. The molecule has 0 spiro atoms. The van der Waals surface area contributed by atoms with Crippen LogP contribution in [0.5, 0.6) is 0 Å². The minimum atomic E-state index is 0.806. The fraction of sp³-hybridized carbons (Fsp3) is 0. The molecule has 0 saturated carbocycles. The van der Waals surface area contributed by atoms with Gasteiger partial charge in [0, 0.05) is 17.5 Å². The van der Waals surface area contributed by atoms with E-state index in [2.05, 4.69) is 15.3 Å². The summed E-state index contributed by atoms with van der Waals surface area (Å²) in [6, 6.07) is 9.51. The normalized spacial score (nSPS) is 16.7. The molecule has 2 aromatic rings. The number of benzene rings is 1. The van der Waals surface area contributed by atoms with Crippen LogP contribution in [0.4, 0.5) is 5.69 Å². The molecule has 0 unspecified atom stereocenters. The van der Waals surface area contributed by atoms with Gasteiger partial charge < -0.3 is 5.31 Å². The first-order chi connectivity index (χ1) is 10.3. The maximum atomic E-state index is 8.07. The lowest BCUT2D eigenvalue weighted by Crippen LogP contribution is -1.94. The van der Waals surface area contributed by atoms with Crippen molar-refractivity contribution < 1.29 is 1.41 Å².